The molecule has 0 unspecified atom stereocenters. The normalized spacial score (nSPS) is 12.0. The van der Waals surface area contributed by atoms with Gasteiger partial charge in [0.1, 0.15) is 11.0 Å². The molecule has 0 aliphatic heterocycles. The van der Waals surface area contributed by atoms with E-state index >= 15 is 0 Å². The van der Waals surface area contributed by atoms with Crippen molar-refractivity contribution in [2.24, 2.45) is 0 Å². The Morgan fingerprint density at radius 1 is 1.09 bits per heavy atom. The molecule has 2 aromatic carbocycles. The van der Waals surface area contributed by atoms with Crippen molar-refractivity contribution in [3.8, 4) is 5.75 Å². The number of allylic oxidation sites excluding steroid dienone is 1. The van der Waals surface area contributed by atoms with Gasteiger partial charge in [-0.3, -0.25) is 4.79 Å². The summed E-state index contributed by atoms with van der Waals surface area (Å²) in [6.07, 6.45) is -0.0638. The van der Waals surface area contributed by atoms with E-state index in [1.165, 1.54) is 30.6 Å². The van der Waals surface area contributed by atoms with Gasteiger partial charge in [0, 0.05) is 12.0 Å². The van der Waals surface area contributed by atoms with Crippen LogP contribution in [-0.2, 0) is 11.2 Å². The zero-order valence-electron chi connectivity index (χ0n) is 17.1. The van der Waals surface area contributed by atoms with E-state index < -0.39 is 17.6 Å². The molecule has 0 saturated carbocycles. The van der Waals surface area contributed by atoms with Gasteiger partial charge >= 0.3 is 5.97 Å². The Morgan fingerprint density at radius 2 is 1.88 bits per heavy atom. The number of aliphatic carboxylic acids is 1. The first-order chi connectivity index (χ1) is 15.4. The molecule has 0 aliphatic carbocycles. The van der Waals surface area contributed by atoms with Gasteiger partial charge in [-0.15, -0.1) is 11.3 Å². The molecule has 2 heterocycles. The van der Waals surface area contributed by atoms with Gasteiger partial charge in [-0.1, -0.05) is 12.1 Å². The first kappa shape index (κ1) is 21.8. The first-order valence-corrected chi connectivity index (χ1v) is 11.1. The number of rotatable bonds is 7. The molecule has 0 radical (unpaired) electrons. The van der Waals surface area contributed by atoms with Crippen molar-refractivity contribution in [3.63, 3.8) is 0 Å². The molecule has 162 valence electrons. The summed E-state index contributed by atoms with van der Waals surface area (Å²) in [5.41, 5.74) is 2.79. The van der Waals surface area contributed by atoms with E-state index in [1.54, 1.807) is 30.3 Å². The number of carbonyl (C=O) groups is 2. The van der Waals surface area contributed by atoms with E-state index in [2.05, 4.69) is 8.75 Å². The number of thiophene rings is 1. The molecule has 0 saturated heterocycles. The Labute approximate surface area is 190 Å². The van der Waals surface area contributed by atoms with Crippen LogP contribution >= 0.6 is 23.1 Å². The number of ether oxygens (including phenoxy) is 1. The van der Waals surface area contributed by atoms with Crippen molar-refractivity contribution in [2.45, 2.75) is 13.3 Å². The van der Waals surface area contributed by atoms with E-state index in [9.17, 15) is 19.1 Å². The van der Waals surface area contributed by atoms with E-state index in [0.717, 1.165) is 17.3 Å². The van der Waals surface area contributed by atoms with E-state index in [4.69, 9.17) is 4.74 Å². The van der Waals surface area contributed by atoms with Gasteiger partial charge in [0.25, 0.3) is 0 Å². The minimum absolute atomic E-state index is 0.0615. The number of aromatic nitrogens is 2. The van der Waals surface area contributed by atoms with Crippen molar-refractivity contribution in [3.05, 3.63) is 80.8 Å². The maximum Gasteiger partial charge on any atom is 0.336 e. The average Bonchev–Trinajstić information content (AvgIpc) is 3.41. The van der Waals surface area contributed by atoms with Gasteiger partial charge in [-0.2, -0.15) is 8.75 Å². The summed E-state index contributed by atoms with van der Waals surface area (Å²) in [7, 11) is 1.36. The van der Waals surface area contributed by atoms with Crippen molar-refractivity contribution in [1.82, 2.24) is 8.75 Å². The Bertz CT molecular complexity index is 1370. The third-order valence-electron chi connectivity index (χ3n) is 4.88. The molecule has 1 N–H and O–H groups in total. The first-order valence-electron chi connectivity index (χ1n) is 9.48. The maximum absolute atomic E-state index is 14.3. The Hall–Kier alpha value is -3.43. The molecule has 9 heteroatoms. The summed E-state index contributed by atoms with van der Waals surface area (Å²) in [5.74, 6) is -2.18. The minimum Gasteiger partial charge on any atom is -0.494 e. The standard InChI is InChI=1S/C23H17FN2O4S2/c1-12-7-20(31-11-12)22(27)15(8-13-3-6-19(30-2)16(24)9-13)21(23(28)29)14-4-5-17-18(10-14)26-32-25-17/h3-7,9-11H,8H2,1-2H3,(H,28,29). The van der Waals surface area contributed by atoms with Crippen LogP contribution in [0, 0.1) is 12.7 Å². The molecule has 0 amide bonds. The quantitative estimate of drug-likeness (QED) is 0.297. The number of ketones is 1. The zero-order chi connectivity index (χ0) is 22.8. The highest BCUT2D eigenvalue weighted by Crippen LogP contribution is 2.30. The van der Waals surface area contributed by atoms with Crippen LogP contribution in [0.1, 0.15) is 26.4 Å². The molecule has 0 spiro atoms. The van der Waals surface area contributed by atoms with Crippen LogP contribution < -0.4 is 4.74 Å². The summed E-state index contributed by atoms with van der Waals surface area (Å²) >= 11 is 2.26. The lowest BCUT2D eigenvalue weighted by atomic mass is 9.91. The number of carboxylic acid groups (broad SMARTS) is 1. The predicted octanol–water partition coefficient (Wildman–Crippen LogP) is 5.17. The number of carbonyl (C=O) groups excluding carboxylic acids is 1. The third kappa shape index (κ3) is 4.30. The van der Waals surface area contributed by atoms with Crippen LogP contribution in [0.5, 0.6) is 5.75 Å². The second-order valence-electron chi connectivity index (χ2n) is 7.09. The molecule has 0 fully saturated rings. The number of methoxy groups -OCH3 is 1. The summed E-state index contributed by atoms with van der Waals surface area (Å²) in [6.45, 7) is 1.86. The SMILES string of the molecule is COc1ccc(CC(C(=O)c2cc(C)cs2)=C(C(=O)O)c2ccc3nsnc3c2)cc1F. The van der Waals surface area contributed by atoms with Gasteiger partial charge in [0.2, 0.25) is 0 Å². The molecule has 4 rings (SSSR count). The highest BCUT2D eigenvalue weighted by Gasteiger charge is 2.25. The largest absolute Gasteiger partial charge is 0.494 e. The number of hydrogen-bond donors (Lipinski definition) is 1. The van der Waals surface area contributed by atoms with Gasteiger partial charge in [-0.25, -0.2) is 9.18 Å². The lowest BCUT2D eigenvalue weighted by Gasteiger charge is -2.13. The average molecular weight is 469 g/mol. The van der Waals surface area contributed by atoms with Crippen LogP contribution in [0.4, 0.5) is 4.39 Å². The lowest BCUT2D eigenvalue weighted by molar-refractivity contribution is -0.130. The second-order valence-corrected chi connectivity index (χ2v) is 8.53. The second kappa shape index (κ2) is 8.97. The zero-order valence-corrected chi connectivity index (χ0v) is 18.7. The van der Waals surface area contributed by atoms with Gasteiger partial charge in [0.15, 0.2) is 17.3 Å². The smallest absolute Gasteiger partial charge is 0.336 e. The monoisotopic (exact) mass is 468 g/mol. The molecule has 2 aromatic heterocycles. The van der Waals surface area contributed by atoms with Crippen LogP contribution in [-0.4, -0.2) is 32.7 Å². The number of nitrogens with zero attached hydrogens (tertiary/aromatic N) is 2. The molecular formula is C23H17FN2O4S2. The Morgan fingerprint density at radius 3 is 2.53 bits per heavy atom. The number of hydrogen-bond acceptors (Lipinski definition) is 7. The number of halogens is 1. The topological polar surface area (TPSA) is 89.4 Å². The van der Waals surface area contributed by atoms with Crippen LogP contribution in [0.3, 0.4) is 0 Å². The third-order valence-corrected chi connectivity index (χ3v) is 6.49. The number of aryl methyl sites for hydroxylation is 1. The van der Waals surface area contributed by atoms with Crippen LogP contribution in [0.2, 0.25) is 0 Å². The lowest BCUT2D eigenvalue weighted by Crippen LogP contribution is -2.13. The fourth-order valence-corrected chi connectivity index (χ4v) is 4.75. The Balaban J connectivity index is 1.90. The number of carboxylic acids is 1. The van der Waals surface area contributed by atoms with Crippen molar-refractivity contribution < 1.29 is 23.8 Å². The summed E-state index contributed by atoms with van der Waals surface area (Å²) < 4.78 is 27.6. The maximum atomic E-state index is 14.3. The predicted molar refractivity (Wildman–Crippen MR) is 122 cm³/mol. The summed E-state index contributed by atoms with van der Waals surface area (Å²) in [5, 5.41) is 11.9. The molecule has 0 bridgehead atoms. The van der Waals surface area contributed by atoms with Gasteiger partial charge in [0.05, 0.1) is 29.3 Å². The number of Topliss-reactive ketones (excluding diaryl/α,β-unsaturated/α-hetero) is 1. The highest BCUT2D eigenvalue weighted by atomic mass is 32.1. The van der Waals surface area contributed by atoms with E-state index in [-0.39, 0.29) is 23.3 Å². The summed E-state index contributed by atoms with van der Waals surface area (Å²) in [6, 6.07) is 10.9. The van der Waals surface area contributed by atoms with Gasteiger partial charge < -0.3 is 9.84 Å². The molecule has 0 atom stereocenters. The fraction of sp³-hybridized carbons (Fsp3) is 0.130. The van der Waals surface area contributed by atoms with E-state index in [1.807, 2.05) is 12.3 Å². The number of benzene rings is 2. The van der Waals surface area contributed by atoms with Crippen molar-refractivity contribution in [2.75, 3.05) is 7.11 Å². The fourth-order valence-electron chi connectivity index (χ4n) is 3.37. The van der Waals surface area contributed by atoms with Crippen LogP contribution in [0.25, 0.3) is 16.6 Å². The van der Waals surface area contributed by atoms with Crippen LogP contribution in [0.15, 0.2) is 53.4 Å². The molecule has 4 aromatic rings. The molecule has 32 heavy (non-hydrogen) atoms. The Kier molecular flexibility index (Phi) is 6.11. The van der Waals surface area contributed by atoms with Crippen molar-refractivity contribution >= 4 is 51.4 Å². The highest BCUT2D eigenvalue weighted by molar-refractivity contribution is 7.12. The van der Waals surface area contributed by atoms with Crippen molar-refractivity contribution in [1.29, 1.82) is 0 Å². The minimum atomic E-state index is -1.25. The summed E-state index contributed by atoms with van der Waals surface area (Å²) in [4.78, 5) is 26.2. The van der Waals surface area contributed by atoms with Gasteiger partial charge in [-0.05, 0) is 59.3 Å². The van der Waals surface area contributed by atoms with E-state index in [0.29, 0.717) is 27.0 Å². The molecule has 6 nitrogen and oxygen atoms in total. The molecular weight excluding hydrogens is 451 g/mol. The number of fused-ring (bicyclic) bond motifs is 1. The molecule has 0 aliphatic rings.